The highest BCUT2D eigenvalue weighted by Crippen LogP contribution is 2.17. The zero-order valence-electron chi connectivity index (χ0n) is 12.5. The summed E-state index contributed by atoms with van der Waals surface area (Å²) in [6.45, 7) is 5.48. The van der Waals surface area contributed by atoms with Crippen molar-refractivity contribution in [2.45, 2.75) is 33.2 Å². The number of esters is 1. The van der Waals surface area contributed by atoms with E-state index in [1.54, 1.807) is 12.1 Å². The molecule has 0 aliphatic heterocycles. The molecular formula is C16H20ClNO3. The summed E-state index contributed by atoms with van der Waals surface area (Å²) in [6, 6.07) is 5.55. The van der Waals surface area contributed by atoms with E-state index in [0.29, 0.717) is 5.02 Å². The Balaban J connectivity index is 2.44. The average molecular weight is 310 g/mol. The van der Waals surface area contributed by atoms with Gasteiger partial charge in [0, 0.05) is 17.1 Å². The minimum absolute atomic E-state index is 0.0708. The van der Waals surface area contributed by atoms with Gasteiger partial charge in [-0.25, -0.2) is 4.79 Å². The van der Waals surface area contributed by atoms with Crippen molar-refractivity contribution in [2.75, 3.05) is 6.61 Å². The fourth-order valence-electron chi connectivity index (χ4n) is 1.48. The van der Waals surface area contributed by atoms with Crippen LogP contribution in [0.1, 0.15) is 31.4 Å². The second-order valence-corrected chi connectivity index (χ2v) is 5.23. The molecule has 0 aliphatic carbocycles. The van der Waals surface area contributed by atoms with Crippen molar-refractivity contribution >= 4 is 29.6 Å². The smallest absolute Gasteiger partial charge is 0.331 e. The number of rotatable bonds is 6. The van der Waals surface area contributed by atoms with Gasteiger partial charge in [0.05, 0.1) is 0 Å². The van der Waals surface area contributed by atoms with E-state index in [0.717, 1.165) is 17.5 Å². The highest BCUT2D eigenvalue weighted by atomic mass is 35.5. The van der Waals surface area contributed by atoms with Crippen LogP contribution in [0.4, 0.5) is 0 Å². The minimum atomic E-state index is -0.564. The molecule has 4 nitrogen and oxygen atoms in total. The molecule has 1 aromatic rings. The summed E-state index contributed by atoms with van der Waals surface area (Å²) in [6.07, 6.45) is 3.70. The van der Waals surface area contributed by atoms with Crippen LogP contribution in [-0.2, 0) is 14.3 Å². The number of benzene rings is 1. The van der Waals surface area contributed by atoms with Gasteiger partial charge in [0.15, 0.2) is 6.61 Å². The molecule has 1 aromatic carbocycles. The Labute approximate surface area is 130 Å². The number of halogens is 1. The standard InChI is InChI=1S/C16H20ClNO3/c1-4-12(3)18-15(19)10-21-16(20)8-7-13-6-5-11(2)14(17)9-13/h5-9,12H,4,10H2,1-3H3,(H,18,19)/b8-7+/t12-/m1/s1. The first-order valence-corrected chi connectivity index (χ1v) is 7.20. The molecule has 0 heterocycles. The minimum Gasteiger partial charge on any atom is -0.452 e. The first-order chi connectivity index (χ1) is 9.92. The molecule has 0 aliphatic rings. The van der Waals surface area contributed by atoms with Gasteiger partial charge in [-0.3, -0.25) is 4.79 Å². The molecule has 1 amide bonds. The number of hydrogen-bond acceptors (Lipinski definition) is 3. The summed E-state index contributed by atoms with van der Waals surface area (Å²) in [5, 5.41) is 3.35. The molecule has 1 N–H and O–H groups in total. The Hall–Kier alpha value is -1.81. The van der Waals surface area contributed by atoms with Crippen LogP contribution in [0.15, 0.2) is 24.3 Å². The Morgan fingerprint density at radius 1 is 1.43 bits per heavy atom. The van der Waals surface area contributed by atoms with Crippen molar-refractivity contribution in [2.24, 2.45) is 0 Å². The lowest BCUT2D eigenvalue weighted by molar-refractivity contribution is -0.144. The van der Waals surface area contributed by atoms with E-state index in [9.17, 15) is 9.59 Å². The lowest BCUT2D eigenvalue weighted by atomic mass is 10.1. The predicted octanol–water partition coefficient (Wildman–Crippen LogP) is 3.12. The Morgan fingerprint density at radius 3 is 2.76 bits per heavy atom. The Morgan fingerprint density at radius 2 is 2.14 bits per heavy atom. The highest BCUT2D eigenvalue weighted by molar-refractivity contribution is 6.31. The molecule has 0 unspecified atom stereocenters. The highest BCUT2D eigenvalue weighted by Gasteiger charge is 2.07. The maximum Gasteiger partial charge on any atom is 0.331 e. The van der Waals surface area contributed by atoms with Crippen molar-refractivity contribution in [3.63, 3.8) is 0 Å². The van der Waals surface area contributed by atoms with Crippen LogP contribution in [0.3, 0.4) is 0 Å². The Kier molecular flexibility index (Phi) is 6.96. The molecule has 0 radical (unpaired) electrons. The van der Waals surface area contributed by atoms with Crippen LogP contribution in [0.5, 0.6) is 0 Å². The van der Waals surface area contributed by atoms with Gasteiger partial charge < -0.3 is 10.1 Å². The third-order valence-corrected chi connectivity index (χ3v) is 3.38. The lowest BCUT2D eigenvalue weighted by Gasteiger charge is -2.10. The first kappa shape index (κ1) is 17.2. The molecule has 114 valence electrons. The molecule has 0 aromatic heterocycles. The molecule has 1 atom stereocenters. The summed E-state index contributed by atoms with van der Waals surface area (Å²) in [4.78, 5) is 22.9. The maximum atomic E-state index is 11.5. The second-order valence-electron chi connectivity index (χ2n) is 4.83. The average Bonchev–Trinajstić information content (AvgIpc) is 2.46. The molecule has 0 saturated carbocycles. The van der Waals surface area contributed by atoms with Gasteiger partial charge >= 0.3 is 5.97 Å². The topological polar surface area (TPSA) is 55.4 Å². The maximum absolute atomic E-state index is 11.5. The molecule has 1 rings (SSSR count). The number of ether oxygens (including phenoxy) is 1. The SMILES string of the molecule is CC[C@@H](C)NC(=O)COC(=O)/C=C/c1ccc(C)c(Cl)c1. The van der Waals surface area contributed by atoms with Crippen molar-refractivity contribution in [3.8, 4) is 0 Å². The fraction of sp³-hybridized carbons (Fsp3) is 0.375. The number of aryl methyl sites for hydroxylation is 1. The number of carbonyl (C=O) groups excluding carboxylic acids is 2. The molecule has 0 saturated heterocycles. The van der Waals surface area contributed by atoms with E-state index < -0.39 is 5.97 Å². The Bertz CT molecular complexity index is 540. The van der Waals surface area contributed by atoms with E-state index in [1.165, 1.54) is 6.08 Å². The third-order valence-electron chi connectivity index (χ3n) is 2.97. The zero-order valence-corrected chi connectivity index (χ0v) is 13.2. The van der Waals surface area contributed by atoms with E-state index in [1.807, 2.05) is 32.9 Å². The van der Waals surface area contributed by atoms with Gasteiger partial charge in [-0.15, -0.1) is 0 Å². The van der Waals surface area contributed by atoms with Gasteiger partial charge in [0.1, 0.15) is 0 Å². The van der Waals surface area contributed by atoms with Crippen molar-refractivity contribution in [1.29, 1.82) is 0 Å². The van der Waals surface area contributed by atoms with Crippen LogP contribution in [0.25, 0.3) is 6.08 Å². The van der Waals surface area contributed by atoms with Crippen LogP contribution in [-0.4, -0.2) is 24.5 Å². The van der Waals surface area contributed by atoms with Crippen molar-refractivity contribution < 1.29 is 14.3 Å². The van der Waals surface area contributed by atoms with Crippen LogP contribution in [0.2, 0.25) is 5.02 Å². The predicted molar refractivity (Wildman–Crippen MR) is 84.1 cm³/mol. The molecule has 0 fully saturated rings. The summed E-state index contributed by atoms with van der Waals surface area (Å²) in [7, 11) is 0. The summed E-state index contributed by atoms with van der Waals surface area (Å²) in [5.74, 6) is -0.865. The van der Waals surface area contributed by atoms with Gasteiger partial charge in [0.25, 0.3) is 5.91 Å². The van der Waals surface area contributed by atoms with Gasteiger partial charge in [-0.2, -0.15) is 0 Å². The largest absolute Gasteiger partial charge is 0.452 e. The normalized spacial score (nSPS) is 12.2. The first-order valence-electron chi connectivity index (χ1n) is 6.82. The fourth-order valence-corrected chi connectivity index (χ4v) is 1.67. The van der Waals surface area contributed by atoms with Crippen molar-refractivity contribution in [3.05, 3.63) is 40.4 Å². The number of carbonyl (C=O) groups is 2. The quantitative estimate of drug-likeness (QED) is 0.649. The number of hydrogen-bond donors (Lipinski definition) is 1. The molecular weight excluding hydrogens is 290 g/mol. The molecule has 0 bridgehead atoms. The molecule has 5 heteroatoms. The van der Waals surface area contributed by atoms with E-state index in [-0.39, 0.29) is 18.6 Å². The number of amides is 1. The molecule has 21 heavy (non-hydrogen) atoms. The summed E-state index contributed by atoms with van der Waals surface area (Å²) >= 11 is 5.99. The van der Waals surface area contributed by atoms with E-state index in [2.05, 4.69) is 5.32 Å². The summed E-state index contributed by atoms with van der Waals surface area (Å²) in [5.41, 5.74) is 1.77. The zero-order chi connectivity index (χ0) is 15.8. The van der Waals surface area contributed by atoms with Gasteiger partial charge in [-0.1, -0.05) is 30.7 Å². The van der Waals surface area contributed by atoms with Crippen LogP contribution >= 0.6 is 11.6 Å². The van der Waals surface area contributed by atoms with Crippen LogP contribution < -0.4 is 5.32 Å². The molecule has 0 spiro atoms. The van der Waals surface area contributed by atoms with Gasteiger partial charge in [-0.05, 0) is 43.5 Å². The number of nitrogens with one attached hydrogen (secondary N) is 1. The van der Waals surface area contributed by atoms with E-state index >= 15 is 0 Å². The second kappa shape index (κ2) is 8.47. The van der Waals surface area contributed by atoms with Gasteiger partial charge in [0.2, 0.25) is 0 Å². The monoisotopic (exact) mass is 309 g/mol. The van der Waals surface area contributed by atoms with Crippen LogP contribution in [0, 0.1) is 6.92 Å². The lowest BCUT2D eigenvalue weighted by Crippen LogP contribution is -2.35. The third kappa shape index (κ3) is 6.45. The summed E-state index contributed by atoms with van der Waals surface area (Å²) < 4.78 is 4.85. The van der Waals surface area contributed by atoms with Crippen molar-refractivity contribution in [1.82, 2.24) is 5.32 Å². The van der Waals surface area contributed by atoms with E-state index in [4.69, 9.17) is 16.3 Å².